The molecule has 4 rings (SSSR count). The molecule has 0 bridgehead atoms. The Kier molecular flexibility index (Phi) is 7.44. The van der Waals surface area contributed by atoms with Gasteiger partial charge in [0.25, 0.3) is 5.91 Å². The fraction of sp³-hybridized carbons (Fsp3) is 0.130. The van der Waals surface area contributed by atoms with Crippen LogP contribution in [0.2, 0.25) is 0 Å². The first-order chi connectivity index (χ1) is 16.6. The lowest BCUT2D eigenvalue weighted by atomic mass is 10.3. The van der Waals surface area contributed by atoms with Gasteiger partial charge in [-0.3, -0.25) is 13.9 Å². The number of aromatic nitrogens is 4. The lowest BCUT2D eigenvalue weighted by Gasteiger charge is -2.12. The number of nitrogens with zero attached hydrogens (tertiary/aromatic N) is 5. The minimum atomic E-state index is -0.771. The first kappa shape index (κ1) is 24.9. The molecule has 0 aliphatic heterocycles. The van der Waals surface area contributed by atoms with Crippen LogP contribution in [0.4, 0.5) is 8.78 Å². The summed E-state index contributed by atoms with van der Waals surface area (Å²) in [4.78, 5) is 32.4. The second kappa shape index (κ2) is 10.5. The van der Waals surface area contributed by atoms with E-state index in [9.17, 15) is 18.4 Å². The van der Waals surface area contributed by atoms with Gasteiger partial charge in [0.15, 0.2) is 23.1 Å². The van der Waals surface area contributed by atoms with Crippen LogP contribution in [-0.4, -0.2) is 67.3 Å². The molecular formula is C23H21F2N5O5. The molecule has 1 amide bonds. The molecule has 10 nitrogen and oxygen atoms in total. The Morgan fingerprint density at radius 1 is 0.857 bits per heavy atom. The molecule has 2 heterocycles. The van der Waals surface area contributed by atoms with E-state index in [1.54, 1.807) is 20.3 Å². The zero-order valence-electron chi connectivity index (χ0n) is 18.9. The second-order valence-electron chi connectivity index (χ2n) is 7.20. The molecule has 4 aromatic rings. The Morgan fingerprint density at radius 2 is 1.31 bits per heavy atom. The summed E-state index contributed by atoms with van der Waals surface area (Å²) in [5.41, 5.74) is 0.797. The highest BCUT2D eigenvalue weighted by atomic mass is 19.1. The molecule has 0 aliphatic carbocycles. The van der Waals surface area contributed by atoms with Gasteiger partial charge in [-0.05, 0) is 24.3 Å². The maximum Gasteiger partial charge on any atom is 0.374 e. The van der Waals surface area contributed by atoms with E-state index >= 15 is 0 Å². The molecule has 0 saturated carbocycles. The minimum absolute atomic E-state index is 0.0394. The monoisotopic (exact) mass is 485 g/mol. The number of phenolic OH excluding ortho intramolecular Hbond substituents is 2. The van der Waals surface area contributed by atoms with Crippen molar-refractivity contribution in [2.24, 2.45) is 0 Å². The SMILES string of the molecule is CN(C)C(=O)c1nccn1-c1ccc(O)c(F)c1.COC(=O)c1nccn1-c1ccc(O)c(F)c1. The van der Waals surface area contributed by atoms with Gasteiger partial charge in [0, 0.05) is 51.0 Å². The first-order valence-electron chi connectivity index (χ1n) is 9.98. The molecule has 0 spiro atoms. The Labute approximate surface area is 198 Å². The maximum absolute atomic E-state index is 13.3. The molecule has 0 atom stereocenters. The molecule has 0 radical (unpaired) electrons. The number of methoxy groups -OCH3 is 1. The smallest absolute Gasteiger partial charge is 0.374 e. The molecule has 2 N–H and O–H groups in total. The number of carbonyl (C=O) groups is 2. The van der Waals surface area contributed by atoms with Gasteiger partial charge in [0.1, 0.15) is 0 Å². The zero-order valence-corrected chi connectivity index (χ0v) is 18.9. The first-order valence-corrected chi connectivity index (χ1v) is 9.98. The highest BCUT2D eigenvalue weighted by Gasteiger charge is 2.17. The van der Waals surface area contributed by atoms with Crippen molar-refractivity contribution in [2.45, 2.75) is 0 Å². The summed E-state index contributed by atoms with van der Waals surface area (Å²) in [6.07, 6.45) is 5.92. The highest BCUT2D eigenvalue weighted by molar-refractivity contribution is 5.91. The molecule has 0 aliphatic rings. The Balaban J connectivity index is 0.000000196. The number of hydrogen-bond acceptors (Lipinski definition) is 7. The van der Waals surface area contributed by atoms with Crippen molar-refractivity contribution in [3.8, 4) is 22.9 Å². The number of aromatic hydroxyl groups is 2. The van der Waals surface area contributed by atoms with E-state index in [1.807, 2.05) is 0 Å². The van der Waals surface area contributed by atoms with Gasteiger partial charge in [-0.1, -0.05) is 0 Å². The minimum Gasteiger partial charge on any atom is -0.505 e. The molecule has 0 saturated heterocycles. The van der Waals surface area contributed by atoms with Crippen molar-refractivity contribution in [3.63, 3.8) is 0 Å². The van der Waals surface area contributed by atoms with Gasteiger partial charge in [-0.25, -0.2) is 23.5 Å². The number of rotatable bonds is 4. The van der Waals surface area contributed by atoms with Crippen LogP contribution >= 0.6 is 0 Å². The molecular weight excluding hydrogens is 464 g/mol. The standard InChI is InChI=1S/C12H12FN3O2.C11H9FN2O3/c1-15(2)12(18)11-14-5-6-16(11)8-3-4-10(17)9(13)7-8;1-17-11(16)10-13-4-5-14(10)7-2-3-9(15)8(12)6-7/h3-7,17H,1-2H3;2-6,15H,1H3. The van der Waals surface area contributed by atoms with Crippen molar-refractivity contribution in [1.82, 2.24) is 24.0 Å². The quantitative estimate of drug-likeness (QED) is 0.426. The number of esters is 1. The summed E-state index contributed by atoms with van der Waals surface area (Å²) in [6.45, 7) is 0. The third-order valence-corrected chi connectivity index (χ3v) is 4.67. The van der Waals surface area contributed by atoms with Crippen LogP contribution in [0, 0.1) is 11.6 Å². The lowest BCUT2D eigenvalue weighted by Crippen LogP contribution is -2.25. The van der Waals surface area contributed by atoms with Crippen molar-refractivity contribution in [2.75, 3.05) is 21.2 Å². The molecule has 35 heavy (non-hydrogen) atoms. The van der Waals surface area contributed by atoms with Gasteiger partial charge < -0.3 is 19.8 Å². The molecule has 0 unspecified atom stereocenters. The summed E-state index contributed by atoms with van der Waals surface area (Å²) in [6, 6.07) is 7.65. The van der Waals surface area contributed by atoms with Gasteiger partial charge in [0.05, 0.1) is 18.5 Å². The average Bonchev–Trinajstić information content (AvgIpc) is 3.52. The number of benzene rings is 2. The topological polar surface area (TPSA) is 123 Å². The number of carbonyl (C=O) groups excluding carboxylic acids is 2. The lowest BCUT2D eigenvalue weighted by molar-refractivity contribution is 0.0584. The van der Waals surface area contributed by atoms with E-state index in [4.69, 9.17) is 10.2 Å². The Morgan fingerprint density at radius 3 is 1.74 bits per heavy atom. The second-order valence-corrected chi connectivity index (χ2v) is 7.20. The van der Waals surface area contributed by atoms with Crippen molar-refractivity contribution >= 4 is 11.9 Å². The van der Waals surface area contributed by atoms with Crippen molar-refractivity contribution in [3.05, 3.63) is 84.5 Å². The number of phenols is 2. The number of imidazole rings is 2. The van der Waals surface area contributed by atoms with E-state index in [0.717, 1.165) is 12.1 Å². The van der Waals surface area contributed by atoms with Crippen LogP contribution in [0.15, 0.2) is 61.2 Å². The highest BCUT2D eigenvalue weighted by Crippen LogP contribution is 2.21. The van der Waals surface area contributed by atoms with Crippen LogP contribution in [0.1, 0.15) is 21.2 Å². The number of halogens is 2. The van der Waals surface area contributed by atoms with Crippen LogP contribution in [0.3, 0.4) is 0 Å². The van der Waals surface area contributed by atoms with Crippen molar-refractivity contribution < 1.29 is 33.3 Å². The molecule has 0 fully saturated rings. The fourth-order valence-electron chi connectivity index (χ4n) is 2.92. The summed E-state index contributed by atoms with van der Waals surface area (Å²) >= 11 is 0. The largest absolute Gasteiger partial charge is 0.505 e. The Bertz CT molecular complexity index is 1370. The van der Waals surface area contributed by atoms with E-state index in [0.29, 0.717) is 11.4 Å². The third-order valence-electron chi connectivity index (χ3n) is 4.67. The van der Waals surface area contributed by atoms with Gasteiger partial charge >= 0.3 is 5.97 Å². The van der Waals surface area contributed by atoms with Gasteiger partial charge in [-0.2, -0.15) is 0 Å². The summed E-state index contributed by atoms with van der Waals surface area (Å²) < 4.78 is 33.8. The molecule has 2 aromatic carbocycles. The van der Waals surface area contributed by atoms with E-state index in [2.05, 4.69) is 14.7 Å². The fourth-order valence-corrected chi connectivity index (χ4v) is 2.92. The predicted octanol–water partition coefficient (Wildman–Crippen LogP) is 2.92. The summed E-state index contributed by atoms with van der Waals surface area (Å²) in [5.74, 6) is -3.08. The normalized spacial score (nSPS) is 10.3. The average molecular weight is 485 g/mol. The zero-order chi connectivity index (χ0) is 25.7. The number of hydrogen-bond donors (Lipinski definition) is 2. The summed E-state index contributed by atoms with van der Waals surface area (Å²) in [5, 5.41) is 18.2. The summed E-state index contributed by atoms with van der Waals surface area (Å²) in [7, 11) is 4.45. The molecule has 182 valence electrons. The van der Waals surface area contributed by atoms with E-state index in [1.165, 1.54) is 64.0 Å². The van der Waals surface area contributed by atoms with E-state index in [-0.39, 0.29) is 17.6 Å². The van der Waals surface area contributed by atoms with Gasteiger partial charge in [0.2, 0.25) is 11.6 Å². The molecule has 12 heteroatoms. The van der Waals surface area contributed by atoms with Crippen LogP contribution in [0.5, 0.6) is 11.5 Å². The maximum atomic E-state index is 13.3. The van der Waals surface area contributed by atoms with Gasteiger partial charge in [-0.15, -0.1) is 0 Å². The van der Waals surface area contributed by atoms with Crippen LogP contribution in [0.25, 0.3) is 11.4 Å². The third kappa shape index (κ3) is 5.43. The molecule has 2 aromatic heterocycles. The van der Waals surface area contributed by atoms with Crippen molar-refractivity contribution in [1.29, 1.82) is 0 Å². The predicted molar refractivity (Wildman–Crippen MR) is 120 cm³/mol. The number of ether oxygens (including phenoxy) is 1. The number of amides is 1. The van der Waals surface area contributed by atoms with Crippen LogP contribution < -0.4 is 0 Å². The van der Waals surface area contributed by atoms with E-state index < -0.39 is 29.1 Å². The van der Waals surface area contributed by atoms with Crippen LogP contribution in [-0.2, 0) is 4.74 Å². The Hall–Kier alpha value is -4.74.